The van der Waals surface area contributed by atoms with E-state index in [2.05, 4.69) is 10.6 Å². The number of hydrogen-bond acceptors (Lipinski definition) is 4. The molecule has 6 nitrogen and oxygen atoms in total. The molecular weight excluding hydrogens is 316 g/mol. The first-order valence-electron chi connectivity index (χ1n) is 7.84. The number of aryl methyl sites for hydroxylation is 1. The molecule has 2 atom stereocenters. The van der Waals surface area contributed by atoms with Gasteiger partial charge in [-0.05, 0) is 49.8 Å². The molecule has 2 amide bonds. The Balaban J connectivity index is 1.66. The third-order valence-electron chi connectivity index (χ3n) is 4.38. The first-order valence-corrected chi connectivity index (χ1v) is 9.73. The highest BCUT2D eigenvalue weighted by atomic mass is 32.2. The van der Waals surface area contributed by atoms with Crippen molar-refractivity contribution in [3.8, 4) is 0 Å². The predicted octanol–water partition coefficient (Wildman–Crippen LogP) is 2.09. The Kier molecular flexibility index (Phi) is 4.33. The Hall–Kier alpha value is -1.60. The number of ether oxygens (including phenoxy) is 1. The van der Waals surface area contributed by atoms with E-state index < -0.39 is 9.84 Å². The van der Waals surface area contributed by atoms with Crippen LogP contribution in [0.4, 0.5) is 10.5 Å². The first kappa shape index (κ1) is 16.3. The van der Waals surface area contributed by atoms with Crippen molar-refractivity contribution in [2.45, 2.75) is 43.2 Å². The third-order valence-corrected chi connectivity index (χ3v) is 5.62. The van der Waals surface area contributed by atoms with Crippen molar-refractivity contribution in [2.75, 3.05) is 18.2 Å². The van der Waals surface area contributed by atoms with Crippen LogP contribution in [0.2, 0.25) is 0 Å². The summed E-state index contributed by atoms with van der Waals surface area (Å²) >= 11 is 0. The summed E-state index contributed by atoms with van der Waals surface area (Å²) < 4.78 is 29.2. The van der Waals surface area contributed by atoms with Gasteiger partial charge in [-0.1, -0.05) is 6.07 Å². The van der Waals surface area contributed by atoms with E-state index in [9.17, 15) is 13.2 Å². The Labute approximate surface area is 136 Å². The van der Waals surface area contributed by atoms with Crippen LogP contribution in [-0.2, 0) is 14.6 Å². The van der Waals surface area contributed by atoms with Gasteiger partial charge in [-0.25, -0.2) is 13.2 Å². The third kappa shape index (κ3) is 3.84. The number of nitrogens with one attached hydrogen (secondary N) is 2. The van der Waals surface area contributed by atoms with Crippen molar-refractivity contribution in [1.29, 1.82) is 0 Å². The second-order valence-electron chi connectivity index (χ2n) is 6.42. The lowest BCUT2D eigenvalue weighted by atomic mass is 10.1. The van der Waals surface area contributed by atoms with Crippen LogP contribution in [0.1, 0.15) is 24.8 Å². The van der Waals surface area contributed by atoms with Crippen LogP contribution in [0.15, 0.2) is 23.1 Å². The number of sulfone groups is 1. The average molecular weight is 338 g/mol. The minimum atomic E-state index is -3.32. The van der Waals surface area contributed by atoms with E-state index in [4.69, 9.17) is 4.74 Å². The van der Waals surface area contributed by atoms with Crippen LogP contribution in [0.3, 0.4) is 0 Å². The molecule has 1 aromatic carbocycles. The van der Waals surface area contributed by atoms with Gasteiger partial charge in [-0.2, -0.15) is 0 Å². The van der Waals surface area contributed by atoms with Crippen molar-refractivity contribution in [2.24, 2.45) is 5.92 Å². The number of benzene rings is 1. The normalized spacial score (nSPS) is 24.4. The summed E-state index contributed by atoms with van der Waals surface area (Å²) in [4.78, 5) is 12.4. The number of carbonyl (C=O) groups is 1. The number of hydrogen-bond donors (Lipinski definition) is 2. The Morgan fingerprint density at radius 3 is 2.65 bits per heavy atom. The molecule has 7 heteroatoms. The van der Waals surface area contributed by atoms with E-state index in [1.54, 1.807) is 19.1 Å². The molecule has 0 aromatic heterocycles. The van der Waals surface area contributed by atoms with Crippen LogP contribution < -0.4 is 10.6 Å². The maximum atomic E-state index is 12.2. The summed E-state index contributed by atoms with van der Waals surface area (Å²) in [6, 6.07) is 4.59. The van der Waals surface area contributed by atoms with Gasteiger partial charge in [-0.3, -0.25) is 0 Å². The van der Waals surface area contributed by atoms with Crippen molar-refractivity contribution in [1.82, 2.24) is 5.32 Å². The van der Waals surface area contributed by atoms with Gasteiger partial charge in [0, 0.05) is 18.6 Å². The first-order chi connectivity index (χ1) is 10.8. The zero-order valence-corrected chi connectivity index (χ0v) is 14.2. The Bertz CT molecular complexity index is 713. The zero-order chi connectivity index (χ0) is 16.6. The molecule has 0 unspecified atom stereocenters. The van der Waals surface area contributed by atoms with Gasteiger partial charge in [-0.15, -0.1) is 0 Å². The van der Waals surface area contributed by atoms with Gasteiger partial charge in [0.25, 0.3) is 0 Å². The highest BCUT2D eigenvalue weighted by Gasteiger charge is 2.41. The average Bonchev–Trinajstić information content (AvgIpc) is 3.20. The molecule has 0 radical (unpaired) electrons. The van der Waals surface area contributed by atoms with E-state index in [1.165, 1.54) is 18.9 Å². The van der Waals surface area contributed by atoms with Gasteiger partial charge in [0.05, 0.1) is 17.0 Å². The van der Waals surface area contributed by atoms with E-state index in [0.717, 1.165) is 12.7 Å². The molecule has 1 aliphatic heterocycles. The van der Waals surface area contributed by atoms with E-state index >= 15 is 0 Å². The summed E-state index contributed by atoms with van der Waals surface area (Å²) in [6.45, 7) is 2.41. The fourth-order valence-electron chi connectivity index (χ4n) is 3.07. The van der Waals surface area contributed by atoms with E-state index in [-0.39, 0.29) is 23.1 Å². The van der Waals surface area contributed by atoms with Crippen LogP contribution in [-0.4, -0.2) is 39.5 Å². The number of amides is 2. The maximum Gasteiger partial charge on any atom is 0.319 e. The molecular formula is C16H22N2O4S. The molecule has 23 heavy (non-hydrogen) atoms. The highest BCUT2D eigenvalue weighted by Crippen LogP contribution is 2.38. The number of rotatable bonds is 4. The predicted molar refractivity (Wildman–Crippen MR) is 87.3 cm³/mol. The molecule has 1 aromatic rings. The van der Waals surface area contributed by atoms with Crippen molar-refractivity contribution in [3.63, 3.8) is 0 Å². The highest BCUT2D eigenvalue weighted by molar-refractivity contribution is 7.90. The smallest absolute Gasteiger partial charge is 0.319 e. The molecule has 2 aliphatic rings. The van der Waals surface area contributed by atoms with Gasteiger partial charge in [0.15, 0.2) is 9.84 Å². The standard InChI is InChI=1S/C16H22N2O4S/c1-10-3-6-12(9-14(10)23(2,20)21)17-16(19)18-13-7-8-22-15(13)11-4-5-11/h3,6,9,11,13,15H,4-5,7-8H2,1-2H3,(H2,17,18,19)/t13-,15-/m1/s1. The van der Waals surface area contributed by atoms with E-state index in [0.29, 0.717) is 23.8 Å². The quantitative estimate of drug-likeness (QED) is 0.880. The number of anilines is 1. The molecule has 0 spiro atoms. The summed E-state index contributed by atoms with van der Waals surface area (Å²) in [7, 11) is -3.32. The number of urea groups is 1. The molecule has 1 heterocycles. The van der Waals surface area contributed by atoms with Gasteiger partial charge >= 0.3 is 6.03 Å². The molecule has 3 rings (SSSR count). The fraction of sp³-hybridized carbons (Fsp3) is 0.562. The molecule has 2 fully saturated rings. The summed E-state index contributed by atoms with van der Waals surface area (Å²) in [6.07, 6.45) is 4.43. The van der Waals surface area contributed by atoms with Crippen LogP contribution in [0, 0.1) is 12.8 Å². The van der Waals surface area contributed by atoms with Crippen molar-refractivity contribution >= 4 is 21.6 Å². The monoisotopic (exact) mass is 338 g/mol. The zero-order valence-electron chi connectivity index (χ0n) is 13.3. The number of carbonyl (C=O) groups excluding carboxylic acids is 1. The van der Waals surface area contributed by atoms with E-state index in [1.807, 2.05) is 0 Å². The van der Waals surface area contributed by atoms with Crippen LogP contribution >= 0.6 is 0 Å². The summed E-state index contributed by atoms with van der Waals surface area (Å²) in [5, 5.41) is 5.67. The Morgan fingerprint density at radius 1 is 1.26 bits per heavy atom. The molecule has 1 saturated heterocycles. The molecule has 2 N–H and O–H groups in total. The molecule has 0 bridgehead atoms. The van der Waals surface area contributed by atoms with Crippen LogP contribution in [0.25, 0.3) is 0 Å². The SMILES string of the molecule is Cc1ccc(NC(=O)N[C@@H]2CCO[C@@H]2C2CC2)cc1S(C)(=O)=O. The lowest BCUT2D eigenvalue weighted by Gasteiger charge is -2.20. The fourth-order valence-corrected chi connectivity index (χ4v) is 4.06. The van der Waals surface area contributed by atoms with Crippen molar-refractivity contribution in [3.05, 3.63) is 23.8 Å². The summed E-state index contributed by atoms with van der Waals surface area (Å²) in [5.41, 5.74) is 1.13. The van der Waals surface area contributed by atoms with Gasteiger partial charge in [0.1, 0.15) is 0 Å². The summed E-state index contributed by atoms with van der Waals surface area (Å²) in [5.74, 6) is 0.569. The molecule has 1 saturated carbocycles. The lowest BCUT2D eigenvalue weighted by Crippen LogP contribution is -2.43. The van der Waals surface area contributed by atoms with Gasteiger partial charge in [0.2, 0.25) is 0 Å². The minimum absolute atomic E-state index is 0.0299. The second-order valence-corrected chi connectivity index (χ2v) is 8.40. The topological polar surface area (TPSA) is 84.5 Å². The largest absolute Gasteiger partial charge is 0.376 e. The Morgan fingerprint density at radius 2 is 2.00 bits per heavy atom. The van der Waals surface area contributed by atoms with Crippen LogP contribution in [0.5, 0.6) is 0 Å². The lowest BCUT2D eigenvalue weighted by molar-refractivity contribution is 0.0829. The van der Waals surface area contributed by atoms with Gasteiger partial charge < -0.3 is 15.4 Å². The molecule has 1 aliphatic carbocycles. The van der Waals surface area contributed by atoms with Crippen molar-refractivity contribution < 1.29 is 17.9 Å². The maximum absolute atomic E-state index is 12.2. The second kappa shape index (κ2) is 6.13. The minimum Gasteiger partial charge on any atom is -0.376 e. The molecule has 126 valence electrons.